The van der Waals surface area contributed by atoms with Gasteiger partial charge in [0.2, 0.25) is 5.91 Å². The van der Waals surface area contributed by atoms with Crippen LogP contribution < -0.4 is 0 Å². The highest BCUT2D eigenvalue weighted by Crippen LogP contribution is 2.48. The van der Waals surface area contributed by atoms with Gasteiger partial charge in [0.05, 0.1) is 23.8 Å². The highest BCUT2D eigenvalue weighted by atomic mass is 16.3. The van der Waals surface area contributed by atoms with E-state index in [4.69, 9.17) is 5.26 Å². The van der Waals surface area contributed by atoms with Gasteiger partial charge in [0.25, 0.3) is 0 Å². The third-order valence-electron chi connectivity index (χ3n) is 4.93. The molecule has 3 rings (SSSR count). The minimum absolute atomic E-state index is 0.123. The Bertz CT molecular complexity index is 630. The highest BCUT2D eigenvalue weighted by molar-refractivity contribution is 5.78. The lowest BCUT2D eigenvalue weighted by Gasteiger charge is -2.37. The Morgan fingerprint density at radius 3 is 2.81 bits per heavy atom. The fourth-order valence-corrected chi connectivity index (χ4v) is 3.63. The van der Waals surface area contributed by atoms with Crippen LogP contribution in [0.4, 0.5) is 0 Å². The first-order valence-electron chi connectivity index (χ1n) is 7.49. The molecule has 0 saturated carbocycles. The van der Waals surface area contributed by atoms with Crippen LogP contribution in [0.2, 0.25) is 0 Å². The molecule has 0 bridgehead atoms. The number of aliphatic hydroxyl groups is 1. The van der Waals surface area contributed by atoms with Gasteiger partial charge in [0, 0.05) is 18.4 Å². The van der Waals surface area contributed by atoms with Crippen molar-refractivity contribution in [2.45, 2.75) is 50.7 Å². The molecule has 1 amide bonds. The number of hydrogen-bond acceptors (Lipinski definition) is 3. The molecule has 4 heteroatoms. The van der Waals surface area contributed by atoms with Gasteiger partial charge in [0.15, 0.2) is 0 Å². The summed E-state index contributed by atoms with van der Waals surface area (Å²) in [5, 5.41) is 19.9. The average molecular weight is 284 g/mol. The smallest absolute Gasteiger partial charge is 0.223 e. The number of rotatable bonds is 1. The third-order valence-corrected chi connectivity index (χ3v) is 4.93. The minimum atomic E-state index is -0.636. The molecule has 1 aliphatic heterocycles. The first-order valence-corrected chi connectivity index (χ1v) is 7.49. The van der Waals surface area contributed by atoms with Crippen molar-refractivity contribution in [3.8, 4) is 6.07 Å². The molecule has 0 radical (unpaired) electrons. The Hall–Kier alpha value is -1.86. The molecule has 1 aromatic rings. The van der Waals surface area contributed by atoms with E-state index in [1.54, 1.807) is 6.07 Å². The maximum atomic E-state index is 12.2. The standard InChI is InChI=1S/C17H20N2O2/c1-17(2)13-9-11(10-18)6-7-12(13)15(16(17)21)19-8-4-3-5-14(19)20/h6-7,9,15-16,21H,3-5,8H2,1-2H3/t15-,16+/m0/s1. The minimum Gasteiger partial charge on any atom is -0.390 e. The van der Waals surface area contributed by atoms with Gasteiger partial charge in [0.1, 0.15) is 0 Å². The van der Waals surface area contributed by atoms with Crippen LogP contribution in [0.5, 0.6) is 0 Å². The van der Waals surface area contributed by atoms with Crippen molar-refractivity contribution in [1.29, 1.82) is 5.26 Å². The molecule has 1 fully saturated rings. The fourth-order valence-electron chi connectivity index (χ4n) is 3.63. The molecule has 1 aliphatic carbocycles. The van der Waals surface area contributed by atoms with E-state index in [-0.39, 0.29) is 11.9 Å². The summed E-state index contributed by atoms with van der Waals surface area (Å²) in [5.74, 6) is 0.123. The number of aliphatic hydroxyl groups excluding tert-OH is 1. The van der Waals surface area contributed by atoms with Crippen LogP contribution in [0.25, 0.3) is 0 Å². The van der Waals surface area contributed by atoms with Crippen LogP contribution >= 0.6 is 0 Å². The number of likely N-dealkylation sites (tertiary alicyclic amines) is 1. The lowest BCUT2D eigenvalue weighted by molar-refractivity contribution is -0.139. The highest BCUT2D eigenvalue weighted by Gasteiger charge is 2.49. The zero-order valence-corrected chi connectivity index (χ0v) is 12.5. The van der Waals surface area contributed by atoms with E-state index >= 15 is 0 Å². The average Bonchev–Trinajstić information content (AvgIpc) is 2.67. The van der Waals surface area contributed by atoms with E-state index in [0.29, 0.717) is 18.5 Å². The van der Waals surface area contributed by atoms with Crippen LogP contribution in [0.1, 0.15) is 55.8 Å². The number of nitriles is 1. The van der Waals surface area contributed by atoms with Crippen LogP contribution in [-0.4, -0.2) is 28.6 Å². The largest absolute Gasteiger partial charge is 0.390 e. The Morgan fingerprint density at radius 1 is 1.38 bits per heavy atom. The SMILES string of the molecule is CC1(C)c2cc(C#N)ccc2[C@H](N2CCCCC2=O)[C@H]1O. The van der Waals surface area contributed by atoms with Gasteiger partial charge in [-0.1, -0.05) is 19.9 Å². The lowest BCUT2D eigenvalue weighted by atomic mass is 9.83. The van der Waals surface area contributed by atoms with E-state index in [9.17, 15) is 9.90 Å². The van der Waals surface area contributed by atoms with E-state index in [1.165, 1.54) is 0 Å². The van der Waals surface area contributed by atoms with Gasteiger partial charge in [-0.25, -0.2) is 0 Å². The second-order valence-corrected chi connectivity index (χ2v) is 6.57. The van der Waals surface area contributed by atoms with E-state index in [2.05, 4.69) is 6.07 Å². The number of piperidine rings is 1. The van der Waals surface area contributed by atoms with Crippen molar-refractivity contribution in [2.24, 2.45) is 0 Å². The second kappa shape index (κ2) is 4.85. The van der Waals surface area contributed by atoms with Crippen molar-refractivity contribution in [3.63, 3.8) is 0 Å². The molecule has 1 saturated heterocycles. The summed E-state index contributed by atoms with van der Waals surface area (Å²) in [5.41, 5.74) is 2.11. The number of amides is 1. The summed E-state index contributed by atoms with van der Waals surface area (Å²) in [6.45, 7) is 4.66. The molecule has 0 spiro atoms. The van der Waals surface area contributed by atoms with Crippen molar-refractivity contribution in [2.75, 3.05) is 6.54 Å². The molecule has 1 N–H and O–H groups in total. The predicted molar refractivity (Wildman–Crippen MR) is 78.5 cm³/mol. The fraction of sp³-hybridized carbons (Fsp3) is 0.529. The van der Waals surface area contributed by atoms with Crippen molar-refractivity contribution in [1.82, 2.24) is 4.90 Å². The Labute approximate surface area is 125 Å². The molecule has 0 unspecified atom stereocenters. The predicted octanol–water partition coefficient (Wildman–Crippen LogP) is 2.26. The number of benzene rings is 1. The number of carbonyl (C=O) groups excluding carboxylic acids is 1. The van der Waals surface area contributed by atoms with E-state index in [1.807, 2.05) is 30.9 Å². The molecule has 110 valence electrons. The van der Waals surface area contributed by atoms with Crippen LogP contribution in [-0.2, 0) is 10.2 Å². The molecule has 1 aromatic carbocycles. The number of fused-ring (bicyclic) bond motifs is 1. The monoisotopic (exact) mass is 284 g/mol. The van der Waals surface area contributed by atoms with Gasteiger partial charge in [-0.05, 0) is 36.1 Å². The molecule has 21 heavy (non-hydrogen) atoms. The summed E-state index contributed by atoms with van der Waals surface area (Å²) in [7, 11) is 0. The zero-order valence-electron chi connectivity index (χ0n) is 12.5. The molecule has 4 nitrogen and oxygen atoms in total. The molecule has 1 heterocycles. The first kappa shape index (κ1) is 14.1. The molecule has 0 aromatic heterocycles. The van der Waals surface area contributed by atoms with E-state index < -0.39 is 11.5 Å². The summed E-state index contributed by atoms with van der Waals surface area (Å²) in [6.07, 6.45) is 1.85. The van der Waals surface area contributed by atoms with Gasteiger partial charge in [-0.3, -0.25) is 4.79 Å². The Kier molecular flexibility index (Phi) is 3.26. The van der Waals surface area contributed by atoms with Crippen LogP contribution in [0.3, 0.4) is 0 Å². The molecular weight excluding hydrogens is 264 g/mol. The number of hydrogen-bond donors (Lipinski definition) is 1. The molecule has 2 atom stereocenters. The van der Waals surface area contributed by atoms with Crippen LogP contribution in [0.15, 0.2) is 18.2 Å². The van der Waals surface area contributed by atoms with Gasteiger partial charge in [-0.2, -0.15) is 5.26 Å². The zero-order chi connectivity index (χ0) is 15.2. The van der Waals surface area contributed by atoms with Crippen molar-refractivity contribution >= 4 is 5.91 Å². The topological polar surface area (TPSA) is 64.3 Å². The van der Waals surface area contributed by atoms with Gasteiger partial charge < -0.3 is 10.0 Å². The molecule has 2 aliphatic rings. The summed E-state index contributed by atoms with van der Waals surface area (Å²) in [6, 6.07) is 7.40. The second-order valence-electron chi connectivity index (χ2n) is 6.57. The van der Waals surface area contributed by atoms with Gasteiger partial charge >= 0.3 is 0 Å². The first-order chi connectivity index (χ1) is 9.96. The van der Waals surface area contributed by atoms with Gasteiger partial charge in [-0.15, -0.1) is 0 Å². The Balaban J connectivity index is 2.08. The maximum absolute atomic E-state index is 12.2. The third kappa shape index (κ3) is 2.04. The van der Waals surface area contributed by atoms with E-state index in [0.717, 1.165) is 24.0 Å². The summed E-state index contributed by atoms with van der Waals surface area (Å²) in [4.78, 5) is 14.1. The maximum Gasteiger partial charge on any atom is 0.223 e. The number of carbonyl (C=O) groups is 1. The lowest BCUT2D eigenvalue weighted by Crippen LogP contribution is -2.44. The summed E-state index contributed by atoms with van der Waals surface area (Å²) >= 11 is 0. The molecular formula is C17H20N2O2. The normalized spacial score (nSPS) is 27.3. The Morgan fingerprint density at radius 2 is 2.14 bits per heavy atom. The quantitative estimate of drug-likeness (QED) is 0.860. The summed E-state index contributed by atoms with van der Waals surface area (Å²) < 4.78 is 0. The van der Waals surface area contributed by atoms with Crippen molar-refractivity contribution < 1.29 is 9.90 Å². The number of nitrogens with zero attached hydrogens (tertiary/aromatic N) is 2. The van der Waals surface area contributed by atoms with Crippen molar-refractivity contribution in [3.05, 3.63) is 34.9 Å². The van der Waals surface area contributed by atoms with Crippen LogP contribution in [0, 0.1) is 11.3 Å².